The van der Waals surface area contributed by atoms with Crippen LogP contribution in [-0.2, 0) is 0 Å². The van der Waals surface area contributed by atoms with Crippen LogP contribution in [0, 0.1) is 13.8 Å². The predicted octanol–water partition coefficient (Wildman–Crippen LogP) is 5.37. The van der Waals surface area contributed by atoms with Gasteiger partial charge in [0.05, 0.1) is 18.4 Å². The number of piperazine rings is 1. The van der Waals surface area contributed by atoms with Crippen molar-refractivity contribution < 1.29 is 14.3 Å². The fourth-order valence-electron chi connectivity index (χ4n) is 4.87. The molecule has 0 N–H and O–H groups in total. The molecule has 5 rings (SSSR count). The number of carbonyl (C=O) groups excluding carboxylic acids is 2. The van der Waals surface area contributed by atoms with Crippen molar-refractivity contribution in [2.24, 2.45) is 0 Å². The number of nitrogens with zero attached hydrogens (tertiary/aromatic N) is 3. The van der Waals surface area contributed by atoms with E-state index < -0.39 is 0 Å². The molecule has 1 aliphatic rings. The van der Waals surface area contributed by atoms with E-state index in [-0.39, 0.29) is 11.8 Å². The quantitative estimate of drug-likeness (QED) is 0.376. The van der Waals surface area contributed by atoms with E-state index in [1.165, 1.54) is 0 Å². The maximum Gasteiger partial charge on any atom is 0.255 e. The van der Waals surface area contributed by atoms with Gasteiger partial charge in [-0.15, -0.1) is 0 Å². The van der Waals surface area contributed by atoms with Crippen LogP contribution >= 0.6 is 0 Å². The summed E-state index contributed by atoms with van der Waals surface area (Å²) in [5.41, 5.74) is 6.32. The lowest BCUT2D eigenvalue weighted by molar-refractivity contribution is 0.0535. The molecule has 0 saturated carbocycles. The lowest BCUT2D eigenvalue weighted by Gasteiger charge is -2.35. The average molecular weight is 494 g/mol. The van der Waals surface area contributed by atoms with Crippen molar-refractivity contribution >= 4 is 11.8 Å². The maximum atomic E-state index is 13.7. The van der Waals surface area contributed by atoms with Gasteiger partial charge in [0.15, 0.2) is 0 Å². The summed E-state index contributed by atoms with van der Waals surface area (Å²) >= 11 is 0. The highest BCUT2D eigenvalue weighted by Crippen LogP contribution is 2.31. The lowest BCUT2D eigenvalue weighted by Crippen LogP contribution is -2.50. The highest BCUT2D eigenvalue weighted by atomic mass is 16.5. The van der Waals surface area contributed by atoms with E-state index in [1.807, 2.05) is 109 Å². The van der Waals surface area contributed by atoms with Crippen LogP contribution in [0.25, 0.3) is 16.9 Å². The fraction of sp³-hybridized carbons (Fsp3) is 0.226. The first-order valence-electron chi connectivity index (χ1n) is 12.5. The molecule has 0 atom stereocenters. The van der Waals surface area contributed by atoms with Crippen LogP contribution in [0.3, 0.4) is 0 Å². The fourth-order valence-corrected chi connectivity index (χ4v) is 4.87. The smallest absolute Gasteiger partial charge is 0.255 e. The molecule has 0 aliphatic carbocycles. The second kappa shape index (κ2) is 10.3. The molecule has 0 radical (unpaired) electrons. The molecule has 0 unspecified atom stereocenters. The van der Waals surface area contributed by atoms with Crippen LogP contribution in [0.1, 0.15) is 32.0 Å². The van der Waals surface area contributed by atoms with Crippen molar-refractivity contribution in [2.75, 3.05) is 33.3 Å². The molecule has 0 bridgehead atoms. The molecule has 4 aromatic rings. The third kappa shape index (κ3) is 4.87. The first-order chi connectivity index (χ1) is 18.0. The first-order valence-corrected chi connectivity index (χ1v) is 12.5. The van der Waals surface area contributed by atoms with Crippen molar-refractivity contribution in [2.45, 2.75) is 13.8 Å². The van der Waals surface area contributed by atoms with E-state index in [4.69, 9.17) is 4.74 Å². The van der Waals surface area contributed by atoms with Crippen LogP contribution in [0.2, 0.25) is 0 Å². The van der Waals surface area contributed by atoms with Crippen molar-refractivity contribution in [1.29, 1.82) is 0 Å². The van der Waals surface area contributed by atoms with Gasteiger partial charge in [-0.25, -0.2) is 0 Å². The van der Waals surface area contributed by atoms with Gasteiger partial charge in [0.2, 0.25) is 0 Å². The number of ether oxygens (including phenoxy) is 1. The van der Waals surface area contributed by atoms with Gasteiger partial charge in [-0.1, -0.05) is 35.9 Å². The van der Waals surface area contributed by atoms with E-state index in [1.54, 1.807) is 7.11 Å². The Bertz CT molecular complexity index is 1400. The molecule has 6 heteroatoms. The monoisotopic (exact) mass is 493 g/mol. The van der Waals surface area contributed by atoms with Crippen LogP contribution in [0.5, 0.6) is 5.75 Å². The number of hydrogen-bond donors (Lipinski definition) is 0. The summed E-state index contributed by atoms with van der Waals surface area (Å²) < 4.78 is 7.46. The zero-order chi connectivity index (χ0) is 25.9. The molecular formula is C31H31N3O3. The summed E-state index contributed by atoms with van der Waals surface area (Å²) in [5.74, 6) is 0.789. The Balaban J connectivity index is 1.40. The second-order valence-electron chi connectivity index (χ2n) is 9.38. The highest BCUT2D eigenvalue weighted by Gasteiger charge is 2.28. The Morgan fingerprint density at radius 2 is 1.32 bits per heavy atom. The van der Waals surface area contributed by atoms with E-state index in [0.717, 1.165) is 34.0 Å². The third-order valence-electron chi connectivity index (χ3n) is 7.03. The Hall–Kier alpha value is -4.32. The maximum absolute atomic E-state index is 13.7. The molecule has 2 amide bonds. The number of rotatable bonds is 5. The number of carbonyl (C=O) groups is 2. The molecule has 1 aromatic heterocycles. The summed E-state index contributed by atoms with van der Waals surface area (Å²) in [7, 11) is 1.65. The standard InChI is InChI=1S/C31H31N3O3/c1-22-9-11-25(12-10-22)30(35)32-17-19-33(20-18-32)31(36)28-21-29(24-13-15-27(37-3)16-14-24)34(23(28)2)26-7-5-4-6-8-26/h4-16,21H,17-20H2,1-3H3. The van der Waals surface area contributed by atoms with Gasteiger partial charge < -0.3 is 19.1 Å². The zero-order valence-corrected chi connectivity index (χ0v) is 21.5. The number of amides is 2. The van der Waals surface area contributed by atoms with Crippen molar-refractivity contribution in [3.63, 3.8) is 0 Å². The Morgan fingerprint density at radius 1 is 0.730 bits per heavy atom. The van der Waals surface area contributed by atoms with Crippen LogP contribution in [0.15, 0.2) is 84.9 Å². The van der Waals surface area contributed by atoms with E-state index in [0.29, 0.717) is 37.3 Å². The minimum Gasteiger partial charge on any atom is -0.497 e. The van der Waals surface area contributed by atoms with Gasteiger partial charge in [0, 0.05) is 43.1 Å². The number of methoxy groups -OCH3 is 1. The summed E-state index contributed by atoms with van der Waals surface area (Å²) in [6, 6.07) is 27.6. The minimum absolute atomic E-state index is 0.00984. The van der Waals surface area contributed by atoms with Gasteiger partial charge in [-0.2, -0.15) is 0 Å². The molecule has 1 aliphatic heterocycles. The molecule has 1 fully saturated rings. The molecule has 6 nitrogen and oxygen atoms in total. The van der Waals surface area contributed by atoms with Crippen LogP contribution in [-0.4, -0.2) is 59.5 Å². The highest BCUT2D eigenvalue weighted by molar-refractivity contribution is 5.98. The Morgan fingerprint density at radius 3 is 1.92 bits per heavy atom. The van der Waals surface area contributed by atoms with Crippen LogP contribution < -0.4 is 4.74 Å². The normalized spacial score (nSPS) is 13.5. The van der Waals surface area contributed by atoms with Gasteiger partial charge in [-0.05, 0) is 74.0 Å². The van der Waals surface area contributed by atoms with Gasteiger partial charge >= 0.3 is 0 Å². The number of para-hydroxylation sites is 1. The first kappa shape index (κ1) is 24.4. The van der Waals surface area contributed by atoms with Crippen molar-refractivity contribution in [3.05, 3.63) is 107 Å². The average Bonchev–Trinajstić information content (AvgIpc) is 3.30. The van der Waals surface area contributed by atoms with Gasteiger partial charge in [-0.3, -0.25) is 9.59 Å². The zero-order valence-electron chi connectivity index (χ0n) is 21.5. The van der Waals surface area contributed by atoms with Crippen LogP contribution in [0.4, 0.5) is 0 Å². The molecule has 1 saturated heterocycles. The Labute approximate surface area is 217 Å². The number of benzene rings is 3. The van der Waals surface area contributed by atoms with E-state index in [2.05, 4.69) is 4.57 Å². The third-order valence-corrected chi connectivity index (χ3v) is 7.03. The van der Waals surface area contributed by atoms with E-state index in [9.17, 15) is 9.59 Å². The molecule has 3 aromatic carbocycles. The lowest BCUT2D eigenvalue weighted by atomic mass is 10.1. The molecule has 0 spiro atoms. The summed E-state index contributed by atoms with van der Waals surface area (Å²) in [4.78, 5) is 30.3. The van der Waals surface area contributed by atoms with Gasteiger partial charge in [0.25, 0.3) is 11.8 Å². The van der Waals surface area contributed by atoms with Crippen molar-refractivity contribution in [1.82, 2.24) is 14.4 Å². The van der Waals surface area contributed by atoms with Gasteiger partial charge in [0.1, 0.15) is 5.75 Å². The summed E-state index contributed by atoms with van der Waals surface area (Å²) in [5, 5.41) is 0. The molecule has 37 heavy (non-hydrogen) atoms. The predicted molar refractivity (Wildman–Crippen MR) is 145 cm³/mol. The Kier molecular flexibility index (Phi) is 6.82. The summed E-state index contributed by atoms with van der Waals surface area (Å²) in [6.07, 6.45) is 0. The summed E-state index contributed by atoms with van der Waals surface area (Å²) in [6.45, 7) is 6.04. The number of aryl methyl sites for hydroxylation is 1. The van der Waals surface area contributed by atoms with E-state index >= 15 is 0 Å². The van der Waals surface area contributed by atoms with Crippen molar-refractivity contribution in [3.8, 4) is 22.7 Å². The SMILES string of the molecule is COc1ccc(-c2cc(C(=O)N3CCN(C(=O)c4ccc(C)cc4)CC3)c(C)n2-c2ccccc2)cc1. The topological polar surface area (TPSA) is 54.8 Å². The number of aromatic nitrogens is 1. The second-order valence-corrected chi connectivity index (χ2v) is 9.38. The minimum atomic E-state index is -0.00984. The molecule has 188 valence electrons. The largest absolute Gasteiger partial charge is 0.497 e. The molecule has 2 heterocycles. The number of hydrogen-bond acceptors (Lipinski definition) is 3. The molecular weight excluding hydrogens is 462 g/mol.